The minimum atomic E-state index is -4.55. The third-order valence-electron chi connectivity index (χ3n) is 3.13. The Balaban J connectivity index is 2.86. The van der Waals surface area contributed by atoms with Crippen molar-refractivity contribution in [3.05, 3.63) is 34.3 Å². The van der Waals surface area contributed by atoms with Crippen molar-refractivity contribution in [2.45, 2.75) is 32.5 Å². The Morgan fingerprint density at radius 3 is 2.14 bits per heavy atom. The van der Waals surface area contributed by atoms with Crippen LogP contribution in [0.4, 0.5) is 13.2 Å². The topological polar surface area (TPSA) is 66.4 Å². The number of aliphatic carboxylic acids is 1. The first-order chi connectivity index (χ1) is 9.94. The Labute approximate surface area is 133 Å². The molecule has 0 spiro atoms. The molecule has 22 heavy (non-hydrogen) atoms. The van der Waals surface area contributed by atoms with Gasteiger partial charge in [-0.25, -0.2) is 4.79 Å². The summed E-state index contributed by atoms with van der Waals surface area (Å²) in [4.78, 5) is 23.0. The van der Waals surface area contributed by atoms with Crippen LogP contribution in [0.3, 0.4) is 0 Å². The summed E-state index contributed by atoms with van der Waals surface area (Å²) in [6, 6.07) is 4.70. The van der Waals surface area contributed by atoms with Gasteiger partial charge in [0.1, 0.15) is 0 Å². The second kappa shape index (κ2) is 6.68. The van der Waals surface area contributed by atoms with E-state index in [0.717, 1.165) is 13.8 Å². The molecule has 0 saturated carbocycles. The Bertz CT molecular complexity index is 555. The molecule has 1 aromatic carbocycles. The lowest BCUT2D eigenvalue weighted by atomic mass is 9.88. The van der Waals surface area contributed by atoms with Crippen molar-refractivity contribution >= 4 is 27.8 Å². The lowest BCUT2D eigenvalue weighted by Crippen LogP contribution is -2.40. The smallest absolute Gasteiger partial charge is 0.394 e. The number of hydrogen-bond acceptors (Lipinski definition) is 2. The first-order valence-corrected chi connectivity index (χ1v) is 7.08. The second-order valence-corrected chi connectivity index (χ2v) is 6.36. The monoisotopic (exact) mass is 381 g/mol. The number of benzene rings is 1. The normalized spacial score (nSPS) is 13.5. The fraction of sp³-hybridized carbons (Fsp3) is 0.429. The van der Waals surface area contributed by atoms with E-state index in [0.29, 0.717) is 4.47 Å². The molecule has 0 aliphatic rings. The summed E-state index contributed by atoms with van der Waals surface area (Å²) in [6.07, 6.45) is -5.41. The van der Waals surface area contributed by atoms with Gasteiger partial charge in [-0.1, -0.05) is 41.9 Å². The second-order valence-electron chi connectivity index (χ2n) is 5.45. The number of carboxylic acid groups (broad SMARTS) is 1. The van der Waals surface area contributed by atoms with E-state index in [4.69, 9.17) is 5.11 Å². The molecular weight excluding hydrogens is 367 g/mol. The zero-order valence-electron chi connectivity index (χ0n) is 11.9. The van der Waals surface area contributed by atoms with Gasteiger partial charge in [0.05, 0.1) is 5.41 Å². The van der Waals surface area contributed by atoms with Gasteiger partial charge in [0.25, 0.3) is 0 Å². The largest absolute Gasteiger partial charge is 0.479 e. The van der Waals surface area contributed by atoms with Crippen LogP contribution in [0, 0.1) is 5.41 Å². The van der Waals surface area contributed by atoms with Crippen LogP contribution in [0.5, 0.6) is 0 Å². The maximum atomic E-state index is 12.8. The van der Waals surface area contributed by atoms with E-state index in [1.54, 1.807) is 12.1 Å². The Hall–Kier alpha value is -1.57. The molecule has 0 saturated heterocycles. The van der Waals surface area contributed by atoms with Crippen molar-refractivity contribution in [1.82, 2.24) is 5.32 Å². The fourth-order valence-corrected chi connectivity index (χ4v) is 1.92. The molecule has 0 bridgehead atoms. The minimum Gasteiger partial charge on any atom is -0.479 e. The Kier molecular flexibility index (Phi) is 5.61. The average Bonchev–Trinajstić information content (AvgIpc) is 2.35. The van der Waals surface area contributed by atoms with Crippen molar-refractivity contribution in [2.24, 2.45) is 5.41 Å². The van der Waals surface area contributed by atoms with Gasteiger partial charge < -0.3 is 10.4 Å². The van der Waals surface area contributed by atoms with Gasteiger partial charge in [-0.3, -0.25) is 4.79 Å². The Morgan fingerprint density at radius 1 is 1.23 bits per heavy atom. The molecule has 2 N–H and O–H groups in total. The highest BCUT2D eigenvalue weighted by molar-refractivity contribution is 9.10. The van der Waals surface area contributed by atoms with Gasteiger partial charge in [-0.05, 0) is 17.7 Å². The highest BCUT2D eigenvalue weighted by Crippen LogP contribution is 2.40. The minimum absolute atomic E-state index is 0.272. The van der Waals surface area contributed by atoms with Gasteiger partial charge in [0, 0.05) is 10.9 Å². The maximum Gasteiger partial charge on any atom is 0.394 e. The van der Waals surface area contributed by atoms with E-state index in [-0.39, 0.29) is 5.56 Å². The number of carbonyl (C=O) groups is 2. The fourth-order valence-electron chi connectivity index (χ4n) is 1.66. The summed E-state index contributed by atoms with van der Waals surface area (Å²) < 4.78 is 39.0. The van der Waals surface area contributed by atoms with Crippen molar-refractivity contribution in [1.29, 1.82) is 0 Å². The number of carboxylic acids is 1. The quantitative estimate of drug-likeness (QED) is 0.817. The summed E-state index contributed by atoms with van der Waals surface area (Å²) in [7, 11) is 0. The van der Waals surface area contributed by atoms with Crippen LogP contribution in [0.2, 0.25) is 0 Å². The number of hydrogen-bond donors (Lipinski definition) is 2. The van der Waals surface area contributed by atoms with E-state index in [2.05, 4.69) is 21.2 Å². The molecule has 1 aromatic rings. The zero-order chi connectivity index (χ0) is 17.1. The molecule has 1 amide bonds. The molecule has 0 radical (unpaired) electrons. The molecule has 0 aromatic heterocycles. The lowest BCUT2D eigenvalue weighted by molar-refractivity contribution is -0.213. The van der Waals surface area contributed by atoms with E-state index >= 15 is 0 Å². The summed E-state index contributed by atoms with van der Waals surface area (Å²) in [6.45, 7) is 1.78. The molecule has 1 rings (SSSR count). The van der Waals surface area contributed by atoms with Crippen LogP contribution in [0.25, 0.3) is 0 Å². The first kappa shape index (κ1) is 18.5. The van der Waals surface area contributed by atoms with Gasteiger partial charge in [-0.2, -0.15) is 13.2 Å². The maximum absolute atomic E-state index is 12.8. The van der Waals surface area contributed by atoms with E-state index in [1.807, 2.05) is 0 Å². The van der Waals surface area contributed by atoms with Crippen LogP contribution in [0.15, 0.2) is 28.7 Å². The first-order valence-electron chi connectivity index (χ1n) is 6.28. The standard InChI is InChI=1S/C14H15BrF3NO3/c1-13(2,14(16,17)18)7-10(20)19-11(12(21)22)8-3-5-9(15)6-4-8/h3-6,11H,7H2,1-2H3,(H,19,20)(H,21,22). The van der Waals surface area contributed by atoms with Gasteiger partial charge >= 0.3 is 12.1 Å². The van der Waals surface area contributed by atoms with E-state index in [1.165, 1.54) is 12.1 Å². The highest BCUT2D eigenvalue weighted by atomic mass is 79.9. The number of alkyl halides is 3. The third-order valence-corrected chi connectivity index (χ3v) is 3.65. The molecule has 4 nitrogen and oxygen atoms in total. The van der Waals surface area contributed by atoms with Crippen molar-refractivity contribution in [2.75, 3.05) is 0 Å². The third kappa shape index (κ3) is 4.72. The molecule has 1 atom stereocenters. The van der Waals surface area contributed by atoms with Crippen LogP contribution >= 0.6 is 15.9 Å². The Morgan fingerprint density at radius 2 is 1.73 bits per heavy atom. The number of nitrogens with one attached hydrogen (secondary N) is 1. The van der Waals surface area contributed by atoms with Crippen LogP contribution < -0.4 is 5.32 Å². The molecular formula is C14H15BrF3NO3. The van der Waals surface area contributed by atoms with Crippen molar-refractivity contribution < 1.29 is 27.9 Å². The number of halogens is 4. The van der Waals surface area contributed by atoms with E-state index < -0.39 is 35.9 Å². The number of amides is 1. The summed E-state index contributed by atoms with van der Waals surface area (Å²) in [5.74, 6) is -2.32. The zero-order valence-corrected chi connectivity index (χ0v) is 13.5. The van der Waals surface area contributed by atoms with Crippen molar-refractivity contribution in [3.63, 3.8) is 0 Å². The number of carbonyl (C=O) groups excluding carboxylic acids is 1. The molecule has 1 unspecified atom stereocenters. The predicted octanol–water partition coefficient (Wildman–Crippen LogP) is 3.67. The van der Waals surface area contributed by atoms with Crippen LogP contribution in [0.1, 0.15) is 31.9 Å². The average molecular weight is 382 g/mol. The molecule has 0 aliphatic heterocycles. The summed E-state index contributed by atoms with van der Waals surface area (Å²) in [5, 5.41) is 11.3. The molecule has 8 heteroatoms. The van der Waals surface area contributed by atoms with Gasteiger partial charge in [0.15, 0.2) is 6.04 Å². The number of rotatable bonds is 5. The van der Waals surface area contributed by atoms with Crippen molar-refractivity contribution in [3.8, 4) is 0 Å². The van der Waals surface area contributed by atoms with Gasteiger partial charge in [0.2, 0.25) is 5.91 Å². The highest BCUT2D eigenvalue weighted by Gasteiger charge is 2.48. The SMILES string of the molecule is CC(C)(CC(=O)NC(C(=O)O)c1ccc(Br)cc1)C(F)(F)F. The molecule has 0 fully saturated rings. The summed E-state index contributed by atoms with van der Waals surface area (Å²) >= 11 is 3.18. The molecule has 0 aliphatic carbocycles. The summed E-state index contributed by atoms with van der Waals surface area (Å²) in [5.41, 5.74) is -1.96. The molecule has 0 heterocycles. The van der Waals surface area contributed by atoms with Crippen LogP contribution in [-0.4, -0.2) is 23.2 Å². The van der Waals surface area contributed by atoms with E-state index in [9.17, 15) is 22.8 Å². The molecule has 122 valence electrons. The lowest BCUT2D eigenvalue weighted by Gasteiger charge is -2.27. The predicted molar refractivity (Wildman–Crippen MR) is 77.1 cm³/mol. The van der Waals surface area contributed by atoms with Crippen LogP contribution in [-0.2, 0) is 9.59 Å². The van der Waals surface area contributed by atoms with Gasteiger partial charge in [-0.15, -0.1) is 0 Å².